The number of nitrogens with one attached hydrogen (secondary N) is 1. The average Bonchev–Trinajstić information content (AvgIpc) is 3.03. The SMILES string of the molecule is CCC[C@@H](C)[C@H]1CC[C@H]2[C@@H]3CCC4CCCC(NCC(=O)O)[C@]4(C)[C@H]3CC[C@]12C. The van der Waals surface area contributed by atoms with E-state index in [1.54, 1.807) is 0 Å². The highest BCUT2D eigenvalue weighted by Gasteiger charge is 2.61. The van der Waals surface area contributed by atoms with Crippen LogP contribution in [0.4, 0.5) is 0 Å². The fraction of sp³-hybridized carbons (Fsp3) is 0.962. The van der Waals surface area contributed by atoms with Gasteiger partial charge in [-0.3, -0.25) is 4.79 Å². The van der Waals surface area contributed by atoms with E-state index in [4.69, 9.17) is 0 Å². The summed E-state index contributed by atoms with van der Waals surface area (Å²) in [6, 6.07) is 0.394. The van der Waals surface area contributed by atoms with E-state index < -0.39 is 5.97 Å². The molecule has 0 spiro atoms. The van der Waals surface area contributed by atoms with Crippen molar-refractivity contribution in [3.05, 3.63) is 0 Å². The summed E-state index contributed by atoms with van der Waals surface area (Å²) in [5.74, 6) is 4.47. The third-order valence-corrected chi connectivity index (χ3v) is 10.8. The minimum absolute atomic E-state index is 0.127. The van der Waals surface area contributed by atoms with Gasteiger partial charge in [-0.1, -0.05) is 47.0 Å². The maximum atomic E-state index is 11.3. The zero-order chi connectivity index (χ0) is 20.8. The van der Waals surface area contributed by atoms with Crippen LogP contribution in [0.15, 0.2) is 0 Å². The van der Waals surface area contributed by atoms with Crippen molar-refractivity contribution in [2.75, 3.05) is 6.54 Å². The van der Waals surface area contributed by atoms with Crippen LogP contribution in [-0.2, 0) is 4.79 Å². The smallest absolute Gasteiger partial charge is 0.317 e. The fourth-order valence-corrected chi connectivity index (χ4v) is 9.51. The summed E-state index contributed by atoms with van der Waals surface area (Å²) in [6.45, 7) is 10.2. The molecule has 0 heterocycles. The van der Waals surface area contributed by atoms with Gasteiger partial charge >= 0.3 is 5.97 Å². The standard InChI is InChI=1S/C26H45NO2/c1-5-7-17(2)20-12-13-21-19-11-10-18-8-6-9-23(27-16-24(28)29)26(18,4)22(19)14-15-25(20,21)3/h17-23,27H,5-16H2,1-4H3,(H,28,29)/t17-,18?,19+,20-,21+,22+,23?,25-,26+/m1/s1. The zero-order valence-corrected chi connectivity index (χ0v) is 19.4. The lowest BCUT2D eigenvalue weighted by atomic mass is 9.43. The van der Waals surface area contributed by atoms with Crippen LogP contribution in [-0.4, -0.2) is 23.7 Å². The summed E-state index contributed by atoms with van der Waals surface area (Å²) in [5.41, 5.74) is 0.850. The molecular weight excluding hydrogens is 358 g/mol. The topological polar surface area (TPSA) is 49.3 Å². The number of carbonyl (C=O) groups is 1. The van der Waals surface area contributed by atoms with Crippen molar-refractivity contribution in [2.24, 2.45) is 46.3 Å². The van der Waals surface area contributed by atoms with Crippen LogP contribution in [0.5, 0.6) is 0 Å². The summed E-state index contributed by atoms with van der Waals surface area (Å²) in [6.07, 6.45) is 15.0. The molecule has 0 saturated heterocycles. The van der Waals surface area contributed by atoms with Crippen molar-refractivity contribution in [2.45, 2.75) is 104 Å². The second-order valence-electron chi connectivity index (χ2n) is 11.8. The van der Waals surface area contributed by atoms with E-state index in [1.165, 1.54) is 70.6 Å². The molecule has 0 aromatic carbocycles. The lowest BCUT2D eigenvalue weighted by Gasteiger charge is -2.63. The van der Waals surface area contributed by atoms with Gasteiger partial charge in [0.25, 0.3) is 0 Å². The molecule has 166 valence electrons. The Morgan fingerprint density at radius 2 is 1.86 bits per heavy atom. The van der Waals surface area contributed by atoms with Gasteiger partial charge in [-0.05, 0) is 97.7 Å². The molecule has 4 saturated carbocycles. The van der Waals surface area contributed by atoms with E-state index in [2.05, 4.69) is 33.0 Å². The largest absolute Gasteiger partial charge is 0.480 e. The predicted octanol–water partition coefficient (Wildman–Crippen LogP) is 6.12. The molecule has 0 amide bonds. The molecule has 0 aliphatic heterocycles. The molecule has 4 fully saturated rings. The van der Waals surface area contributed by atoms with Crippen LogP contribution in [0.1, 0.15) is 98.3 Å². The normalized spacial score (nSPS) is 47.7. The van der Waals surface area contributed by atoms with Gasteiger partial charge in [0.2, 0.25) is 0 Å². The van der Waals surface area contributed by atoms with Gasteiger partial charge in [0.1, 0.15) is 0 Å². The molecule has 29 heavy (non-hydrogen) atoms. The minimum atomic E-state index is -0.706. The van der Waals surface area contributed by atoms with Crippen molar-refractivity contribution in [3.63, 3.8) is 0 Å². The predicted molar refractivity (Wildman–Crippen MR) is 119 cm³/mol. The molecule has 3 nitrogen and oxygen atoms in total. The molecule has 2 N–H and O–H groups in total. The average molecular weight is 404 g/mol. The van der Waals surface area contributed by atoms with E-state index in [0.717, 1.165) is 35.5 Å². The maximum Gasteiger partial charge on any atom is 0.317 e. The number of hydrogen-bond donors (Lipinski definition) is 2. The Labute approximate surface area is 178 Å². The molecule has 0 radical (unpaired) electrons. The molecule has 4 rings (SSSR count). The summed E-state index contributed by atoms with van der Waals surface area (Å²) >= 11 is 0. The number of rotatable bonds is 6. The molecule has 2 unspecified atom stereocenters. The molecule has 9 atom stereocenters. The summed E-state index contributed by atoms with van der Waals surface area (Å²) < 4.78 is 0. The van der Waals surface area contributed by atoms with Gasteiger partial charge in [0, 0.05) is 6.04 Å². The van der Waals surface area contributed by atoms with Crippen LogP contribution in [0.25, 0.3) is 0 Å². The number of carboxylic acids is 1. The number of fused-ring (bicyclic) bond motifs is 5. The van der Waals surface area contributed by atoms with E-state index >= 15 is 0 Å². The highest BCUT2D eigenvalue weighted by Crippen LogP contribution is 2.68. The maximum absolute atomic E-state index is 11.3. The second-order valence-corrected chi connectivity index (χ2v) is 11.8. The highest BCUT2D eigenvalue weighted by molar-refractivity contribution is 5.69. The molecule has 4 aliphatic carbocycles. The van der Waals surface area contributed by atoms with Gasteiger partial charge in [-0.2, -0.15) is 0 Å². The second kappa shape index (κ2) is 8.17. The van der Waals surface area contributed by atoms with E-state index in [0.29, 0.717) is 16.9 Å². The Bertz CT molecular complexity index is 606. The molecule has 0 bridgehead atoms. The van der Waals surface area contributed by atoms with Gasteiger partial charge < -0.3 is 10.4 Å². The van der Waals surface area contributed by atoms with Crippen molar-refractivity contribution in [3.8, 4) is 0 Å². The molecule has 0 aromatic rings. The molecular formula is C26H45NO2. The first-order valence-electron chi connectivity index (χ1n) is 12.8. The van der Waals surface area contributed by atoms with Crippen LogP contribution >= 0.6 is 0 Å². The molecule has 3 heteroatoms. The summed E-state index contributed by atoms with van der Waals surface area (Å²) in [7, 11) is 0. The first-order valence-corrected chi connectivity index (χ1v) is 12.8. The third-order valence-electron chi connectivity index (χ3n) is 10.8. The highest BCUT2D eigenvalue weighted by atomic mass is 16.4. The molecule has 4 aliphatic rings. The van der Waals surface area contributed by atoms with Gasteiger partial charge in [0.15, 0.2) is 0 Å². The van der Waals surface area contributed by atoms with Gasteiger partial charge in [0.05, 0.1) is 6.54 Å². The molecule has 0 aromatic heterocycles. The van der Waals surface area contributed by atoms with E-state index in [1.807, 2.05) is 0 Å². The Balaban J connectivity index is 1.57. The number of aliphatic carboxylic acids is 1. The Morgan fingerprint density at radius 1 is 1.07 bits per heavy atom. The summed E-state index contributed by atoms with van der Waals surface area (Å²) in [5, 5.41) is 12.8. The lowest BCUT2D eigenvalue weighted by molar-refractivity contribution is -0.140. The zero-order valence-electron chi connectivity index (χ0n) is 19.4. The quantitative estimate of drug-likeness (QED) is 0.561. The monoisotopic (exact) mass is 403 g/mol. The third kappa shape index (κ3) is 3.48. The van der Waals surface area contributed by atoms with Crippen LogP contribution < -0.4 is 5.32 Å². The van der Waals surface area contributed by atoms with Crippen LogP contribution in [0, 0.1) is 46.3 Å². The lowest BCUT2D eigenvalue weighted by Crippen LogP contribution is -2.61. The Kier molecular flexibility index (Phi) is 6.10. The fourth-order valence-electron chi connectivity index (χ4n) is 9.51. The van der Waals surface area contributed by atoms with E-state index in [-0.39, 0.29) is 6.54 Å². The van der Waals surface area contributed by atoms with Gasteiger partial charge in [-0.15, -0.1) is 0 Å². The first-order chi connectivity index (χ1) is 13.8. The first kappa shape index (κ1) is 21.7. The Hall–Kier alpha value is -0.570. The summed E-state index contributed by atoms with van der Waals surface area (Å²) in [4.78, 5) is 11.3. The van der Waals surface area contributed by atoms with Crippen LogP contribution in [0.3, 0.4) is 0 Å². The minimum Gasteiger partial charge on any atom is -0.480 e. The number of carboxylic acid groups (broad SMARTS) is 1. The van der Waals surface area contributed by atoms with Crippen LogP contribution in [0.2, 0.25) is 0 Å². The van der Waals surface area contributed by atoms with Crippen molar-refractivity contribution >= 4 is 5.97 Å². The van der Waals surface area contributed by atoms with E-state index in [9.17, 15) is 9.90 Å². The number of hydrogen-bond acceptors (Lipinski definition) is 2. The van der Waals surface area contributed by atoms with Crippen molar-refractivity contribution in [1.29, 1.82) is 0 Å². The Morgan fingerprint density at radius 3 is 2.59 bits per heavy atom. The van der Waals surface area contributed by atoms with Gasteiger partial charge in [-0.25, -0.2) is 0 Å². The van der Waals surface area contributed by atoms with Crippen molar-refractivity contribution < 1.29 is 9.90 Å². The van der Waals surface area contributed by atoms with Crippen molar-refractivity contribution in [1.82, 2.24) is 5.32 Å².